The lowest BCUT2D eigenvalue weighted by Crippen LogP contribution is -2.49. The maximum atomic E-state index is 13.1. The Bertz CT molecular complexity index is 1020. The van der Waals surface area contributed by atoms with Crippen LogP contribution in [0.4, 0.5) is 20.5 Å². The Labute approximate surface area is 191 Å². The zero-order valence-electron chi connectivity index (χ0n) is 19.2. The summed E-state index contributed by atoms with van der Waals surface area (Å²) < 4.78 is 31.4. The van der Waals surface area contributed by atoms with Crippen LogP contribution in [0.3, 0.4) is 0 Å². The summed E-state index contributed by atoms with van der Waals surface area (Å²) in [7, 11) is 0. The number of rotatable bonds is 8. The Hall–Kier alpha value is -3.13. The van der Waals surface area contributed by atoms with Crippen molar-refractivity contribution in [2.45, 2.75) is 71.1 Å². The molecule has 1 fully saturated rings. The average molecular weight is 462 g/mol. The monoisotopic (exact) mass is 461 g/mol. The molecule has 1 saturated carbocycles. The topological polar surface area (TPSA) is 129 Å². The maximum absolute atomic E-state index is 13.1. The molecule has 9 nitrogen and oxygen atoms in total. The van der Waals surface area contributed by atoms with Crippen molar-refractivity contribution in [3.63, 3.8) is 0 Å². The Balaban J connectivity index is 1.71. The van der Waals surface area contributed by atoms with Gasteiger partial charge >= 0.3 is 0 Å². The first kappa shape index (κ1) is 24.5. The molecule has 0 aromatic carbocycles. The highest BCUT2D eigenvalue weighted by Crippen LogP contribution is 2.44. The Morgan fingerprint density at radius 2 is 2.06 bits per heavy atom. The van der Waals surface area contributed by atoms with Crippen molar-refractivity contribution in [1.29, 1.82) is 5.26 Å². The number of nitrogens with one attached hydrogen (secondary N) is 2. The minimum Gasteiger partial charge on any atom is -0.471 e. The summed E-state index contributed by atoms with van der Waals surface area (Å²) >= 11 is 0. The summed E-state index contributed by atoms with van der Waals surface area (Å²) in [5.41, 5.74) is -0.308. The van der Waals surface area contributed by atoms with Gasteiger partial charge in [-0.25, -0.2) is 23.7 Å². The van der Waals surface area contributed by atoms with Crippen molar-refractivity contribution in [3.05, 3.63) is 29.8 Å². The Morgan fingerprint density at radius 1 is 1.30 bits per heavy atom. The van der Waals surface area contributed by atoms with Gasteiger partial charge in [0, 0.05) is 25.7 Å². The molecule has 3 N–H and O–H groups in total. The van der Waals surface area contributed by atoms with Crippen LogP contribution < -0.4 is 15.4 Å². The molecule has 178 valence electrons. The molecule has 2 aromatic heterocycles. The van der Waals surface area contributed by atoms with Crippen LogP contribution in [0.15, 0.2) is 18.7 Å². The fourth-order valence-electron chi connectivity index (χ4n) is 3.67. The number of alkyl halides is 2. The highest BCUT2D eigenvalue weighted by molar-refractivity contribution is 5.54. The lowest BCUT2D eigenvalue weighted by molar-refractivity contribution is -0.0840. The summed E-state index contributed by atoms with van der Waals surface area (Å²) in [6.45, 7) is 5.99. The fourth-order valence-corrected chi connectivity index (χ4v) is 3.67. The fraction of sp³-hybridized carbons (Fsp3) is 0.591. The van der Waals surface area contributed by atoms with Gasteiger partial charge in [0.1, 0.15) is 23.8 Å². The highest BCUT2D eigenvalue weighted by atomic mass is 19.3. The predicted molar refractivity (Wildman–Crippen MR) is 118 cm³/mol. The molecule has 3 rings (SSSR count). The van der Waals surface area contributed by atoms with Gasteiger partial charge in [0.25, 0.3) is 5.92 Å². The van der Waals surface area contributed by atoms with Crippen LogP contribution >= 0.6 is 0 Å². The second kappa shape index (κ2) is 9.39. The first-order chi connectivity index (χ1) is 15.4. The van der Waals surface area contributed by atoms with E-state index in [4.69, 9.17) is 4.74 Å². The molecule has 2 unspecified atom stereocenters. The van der Waals surface area contributed by atoms with E-state index in [1.807, 2.05) is 20.8 Å². The van der Waals surface area contributed by atoms with Crippen LogP contribution in [0.1, 0.15) is 58.1 Å². The van der Waals surface area contributed by atoms with Crippen molar-refractivity contribution in [1.82, 2.24) is 19.9 Å². The van der Waals surface area contributed by atoms with Gasteiger partial charge in [-0.05, 0) is 31.6 Å². The van der Waals surface area contributed by atoms with Crippen molar-refractivity contribution in [2.75, 3.05) is 17.2 Å². The number of aliphatic hydroxyl groups is 1. The molecule has 0 bridgehead atoms. The number of hydrogen-bond donors (Lipinski definition) is 3. The molecule has 33 heavy (non-hydrogen) atoms. The van der Waals surface area contributed by atoms with Crippen molar-refractivity contribution >= 4 is 11.8 Å². The summed E-state index contributed by atoms with van der Waals surface area (Å²) in [5.74, 6) is -2.31. The smallest absolute Gasteiger partial charge is 0.278 e. The molecule has 0 amide bonds. The van der Waals surface area contributed by atoms with E-state index in [0.29, 0.717) is 29.8 Å². The number of anilines is 2. The first-order valence-electron chi connectivity index (χ1n) is 10.7. The quantitative estimate of drug-likeness (QED) is 0.541. The van der Waals surface area contributed by atoms with Gasteiger partial charge in [0.15, 0.2) is 6.61 Å². The van der Waals surface area contributed by atoms with Crippen LogP contribution in [0.2, 0.25) is 0 Å². The molecular weight excluding hydrogens is 432 g/mol. The first-order valence-corrected chi connectivity index (χ1v) is 10.7. The highest BCUT2D eigenvalue weighted by Gasteiger charge is 2.44. The van der Waals surface area contributed by atoms with E-state index in [0.717, 1.165) is 13.3 Å². The molecule has 1 aliphatic rings. The van der Waals surface area contributed by atoms with Gasteiger partial charge in [-0.1, -0.05) is 13.8 Å². The largest absolute Gasteiger partial charge is 0.471 e. The number of nitrogens with zero attached hydrogens (tertiary/aromatic N) is 5. The van der Waals surface area contributed by atoms with E-state index in [-0.39, 0.29) is 29.8 Å². The minimum absolute atomic E-state index is 0.0355. The molecule has 0 spiro atoms. The standard InChI is InChI=1S/C22H29F2N7O2/c1-20(2)7-16(5-6-21(20,3)32)30-17-14(8-25)10-27-19(31-17)28-11-15-9-26-13-29-18(15)33-12-22(4,23)24/h9-10,13,16,32H,5-7,11-12H2,1-4H3,(H2,27,28,30,31). The molecule has 2 heterocycles. The van der Waals surface area contributed by atoms with Crippen LogP contribution in [-0.4, -0.2) is 49.2 Å². The van der Waals surface area contributed by atoms with Gasteiger partial charge in [-0.15, -0.1) is 0 Å². The number of halogens is 2. The lowest BCUT2D eigenvalue weighted by Gasteiger charge is -2.47. The van der Waals surface area contributed by atoms with E-state index < -0.39 is 18.1 Å². The van der Waals surface area contributed by atoms with Crippen LogP contribution in [0, 0.1) is 16.7 Å². The van der Waals surface area contributed by atoms with E-state index in [1.54, 1.807) is 0 Å². The SMILES string of the molecule is CC(F)(F)COc1ncncc1CNc1ncc(C#N)c(NC2CCC(C)(O)C(C)(C)C2)n1. The van der Waals surface area contributed by atoms with Gasteiger partial charge in [0.2, 0.25) is 11.8 Å². The number of aromatic nitrogens is 4. The van der Waals surface area contributed by atoms with Crippen molar-refractivity contribution in [3.8, 4) is 11.9 Å². The van der Waals surface area contributed by atoms with E-state index in [1.165, 1.54) is 18.7 Å². The summed E-state index contributed by atoms with van der Waals surface area (Å²) in [5, 5.41) is 26.4. The molecule has 2 atom stereocenters. The zero-order valence-corrected chi connectivity index (χ0v) is 19.2. The second-order valence-electron chi connectivity index (χ2n) is 9.38. The average Bonchev–Trinajstić information content (AvgIpc) is 2.73. The van der Waals surface area contributed by atoms with Crippen molar-refractivity contribution < 1.29 is 18.6 Å². The molecule has 0 radical (unpaired) electrons. The molecule has 1 aliphatic carbocycles. The van der Waals surface area contributed by atoms with E-state index in [2.05, 4.69) is 36.6 Å². The summed E-state index contributed by atoms with van der Waals surface area (Å²) in [4.78, 5) is 16.4. The molecular formula is C22H29F2N7O2. The Morgan fingerprint density at radius 3 is 2.73 bits per heavy atom. The van der Waals surface area contributed by atoms with Gasteiger partial charge in [-0.3, -0.25) is 0 Å². The minimum atomic E-state index is -2.99. The van der Waals surface area contributed by atoms with Crippen LogP contribution in [0.25, 0.3) is 0 Å². The maximum Gasteiger partial charge on any atom is 0.278 e. The molecule has 2 aromatic rings. The summed E-state index contributed by atoms with van der Waals surface area (Å²) in [6, 6.07) is 2.12. The van der Waals surface area contributed by atoms with Gasteiger partial charge in [0.05, 0.1) is 17.4 Å². The third kappa shape index (κ3) is 6.22. The number of nitriles is 1. The molecule has 0 aliphatic heterocycles. The Kier molecular flexibility index (Phi) is 6.97. The lowest BCUT2D eigenvalue weighted by atomic mass is 9.65. The molecule has 0 saturated heterocycles. The van der Waals surface area contributed by atoms with Crippen LogP contribution in [0.5, 0.6) is 5.88 Å². The summed E-state index contributed by atoms with van der Waals surface area (Å²) in [6.07, 6.45) is 6.17. The predicted octanol–water partition coefficient (Wildman–Crippen LogP) is 3.53. The van der Waals surface area contributed by atoms with Crippen molar-refractivity contribution in [2.24, 2.45) is 5.41 Å². The third-order valence-corrected chi connectivity index (χ3v) is 6.09. The van der Waals surface area contributed by atoms with Gasteiger partial charge < -0.3 is 20.5 Å². The third-order valence-electron chi connectivity index (χ3n) is 6.09. The van der Waals surface area contributed by atoms with Crippen LogP contribution in [-0.2, 0) is 6.54 Å². The van der Waals surface area contributed by atoms with Gasteiger partial charge in [-0.2, -0.15) is 10.2 Å². The second-order valence-corrected chi connectivity index (χ2v) is 9.38. The van der Waals surface area contributed by atoms with E-state index in [9.17, 15) is 19.1 Å². The normalized spacial score (nSPS) is 22.3. The number of hydrogen-bond acceptors (Lipinski definition) is 9. The van der Waals surface area contributed by atoms with E-state index >= 15 is 0 Å². The zero-order chi connectivity index (χ0) is 24.3. The molecule has 11 heteroatoms. The number of ether oxygens (including phenoxy) is 1.